The van der Waals surface area contributed by atoms with Gasteiger partial charge in [0.25, 0.3) is 0 Å². The summed E-state index contributed by atoms with van der Waals surface area (Å²) in [5.41, 5.74) is 9.03. The van der Waals surface area contributed by atoms with E-state index < -0.39 is 0 Å². The van der Waals surface area contributed by atoms with E-state index in [1.54, 1.807) is 17.2 Å². The Morgan fingerprint density at radius 1 is 1.57 bits per heavy atom. The second kappa shape index (κ2) is 3.31. The zero-order valence-corrected chi connectivity index (χ0v) is 8.27. The molecule has 2 aromatic heterocycles. The molecular weight excluding hydrogens is 178 g/mol. The van der Waals surface area contributed by atoms with Crippen LogP contribution in [0.5, 0.6) is 0 Å². The number of aromatic nitrogens is 2. The highest BCUT2D eigenvalue weighted by molar-refractivity contribution is 5.29. The van der Waals surface area contributed by atoms with Crippen LogP contribution < -0.4 is 5.73 Å². The minimum atomic E-state index is -0.151. The molecule has 74 valence electrons. The zero-order valence-electron chi connectivity index (χ0n) is 8.27. The maximum Gasteiger partial charge on any atom is 0.0953 e. The van der Waals surface area contributed by atoms with Crippen LogP contribution in [0.4, 0.5) is 0 Å². The Morgan fingerprint density at radius 3 is 2.86 bits per heavy atom. The lowest BCUT2D eigenvalue weighted by atomic mass is 10.0. The summed E-state index contributed by atoms with van der Waals surface area (Å²) in [5.74, 6) is 0. The van der Waals surface area contributed by atoms with Crippen molar-refractivity contribution in [2.75, 3.05) is 0 Å². The summed E-state index contributed by atoms with van der Waals surface area (Å²) >= 11 is 0. The number of aryl methyl sites for hydroxylation is 2. The molecule has 2 aromatic rings. The second-order valence-corrected chi connectivity index (χ2v) is 3.38. The fourth-order valence-corrected chi connectivity index (χ4v) is 1.55. The third-order valence-corrected chi connectivity index (χ3v) is 2.29. The molecule has 0 aliphatic heterocycles. The van der Waals surface area contributed by atoms with Crippen LogP contribution in [0.1, 0.15) is 22.9 Å². The quantitative estimate of drug-likeness (QED) is 0.780. The standard InChI is InChI=1S/C10H13N3O/c1-7-9(5-13(2)12-7)10(11)8-3-4-14-6-8/h3-6,10H,11H2,1-2H3. The van der Waals surface area contributed by atoms with Crippen molar-refractivity contribution >= 4 is 0 Å². The highest BCUT2D eigenvalue weighted by Gasteiger charge is 2.14. The van der Waals surface area contributed by atoms with E-state index in [1.165, 1.54) is 0 Å². The van der Waals surface area contributed by atoms with Gasteiger partial charge in [-0.3, -0.25) is 4.68 Å². The van der Waals surface area contributed by atoms with E-state index in [1.807, 2.05) is 26.2 Å². The number of hydrogen-bond donors (Lipinski definition) is 1. The van der Waals surface area contributed by atoms with Crippen molar-refractivity contribution in [3.05, 3.63) is 41.6 Å². The topological polar surface area (TPSA) is 57.0 Å². The van der Waals surface area contributed by atoms with Gasteiger partial charge < -0.3 is 10.2 Å². The molecule has 0 saturated heterocycles. The lowest BCUT2D eigenvalue weighted by molar-refractivity contribution is 0.562. The summed E-state index contributed by atoms with van der Waals surface area (Å²) in [4.78, 5) is 0. The van der Waals surface area contributed by atoms with E-state index in [4.69, 9.17) is 10.2 Å². The Balaban J connectivity index is 2.36. The van der Waals surface area contributed by atoms with Crippen molar-refractivity contribution in [3.63, 3.8) is 0 Å². The Hall–Kier alpha value is -1.55. The molecule has 2 rings (SSSR count). The molecule has 0 bridgehead atoms. The van der Waals surface area contributed by atoms with Gasteiger partial charge in [0.15, 0.2) is 0 Å². The van der Waals surface area contributed by atoms with Crippen molar-refractivity contribution in [3.8, 4) is 0 Å². The molecule has 0 amide bonds. The SMILES string of the molecule is Cc1nn(C)cc1C(N)c1ccoc1. The van der Waals surface area contributed by atoms with Crippen LogP contribution in [0, 0.1) is 6.92 Å². The van der Waals surface area contributed by atoms with Crippen LogP contribution in [-0.2, 0) is 7.05 Å². The summed E-state index contributed by atoms with van der Waals surface area (Å²) in [6.45, 7) is 1.95. The first-order valence-corrected chi connectivity index (χ1v) is 4.46. The first-order chi connectivity index (χ1) is 6.68. The van der Waals surface area contributed by atoms with Crippen LogP contribution in [0.25, 0.3) is 0 Å². The van der Waals surface area contributed by atoms with Gasteiger partial charge in [-0.2, -0.15) is 5.10 Å². The van der Waals surface area contributed by atoms with E-state index in [-0.39, 0.29) is 6.04 Å². The van der Waals surface area contributed by atoms with Gasteiger partial charge in [-0.1, -0.05) is 0 Å². The molecule has 0 spiro atoms. The number of nitrogens with zero attached hydrogens (tertiary/aromatic N) is 2. The zero-order chi connectivity index (χ0) is 10.1. The van der Waals surface area contributed by atoms with Crippen molar-refractivity contribution < 1.29 is 4.42 Å². The Bertz CT molecular complexity index is 417. The minimum absolute atomic E-state index is 0.151. The van der Waals surface area contributed by atoms with Crippen molar-refractivity contribution in [2.24, 2.45) is 12.8 Å². The van der Waals surface area contributed by atoms with E-state index in [0.29, 0.717) is 0 Å². The molecule has 1 atom stereocenters. The Labute approximate surface area is 82.3 Å². The second-order valence-electron chi connectivity index (χ2n) is 3.38. The normalized spacial score (nSPS) is 13.1. The van der Waals surface area contributed by atoms with Gasteiger partial charge in [0.1, 0.15) is 0 Å². The molecule has 0 radical (unpaired) electrons. The lowest BCUT2D eigenvalue weighted by Crippen LogP contribution is -2.11. The lowest BCUT2D eigenvalue weighted by Gasteiger charge is -2.06. The Morgan fingerprint density at radius 2 is 2.36 bits per heavy atom. The third-order valence-electron chi connectivity index (χ3n) is 2.29. The molecule has 0 saturated carbocycles. The van der Waals surface area contributed by atoms with Crippen LogP contribution in [0.3, 0.4) is 0 Å². The molecule has 2 heterocycles. The average Bonchev–Trinajstić information content (AvgIpc) is 2.73. The predicted molar refractivity (Wildman–Crippen MR) is 52.7 cm³/mol. The maximum absolute atomic E-state index is 6.06. The summed E-state index contributed by atoms with van der Waals surface area (Å²) in [6.07, 6.45) is 5.23. The molecular formula is C10H13N3O. The van der Waals surface area contributed by atoms with Crippen LogP contribution in [0.2, 0.25) is 0 Å². The van der Waals surface area contributed by atoms with Gasteiger partial charge in [0.05, 0.1) is 24.3 Å². The van der Waals surface area contributed by atoms with E-state index >= 15 is 0 Å². The maximum atomic E-state index is 6.06. The van der Waals surface area contributed by atoms with Gasteiger partial charge in [-0.25, -0.2) is 0 Å². The van der Waals surface area contributed by atoms with Gasteiger partial charge >= 0.3 is 0 Å². The summed E-state index contributed by atoms with van der Waals surface area (Å²) in [5, 5.41) is 4.25. The average molecular weight is 191 g/mol. The Kier molecular flexibility index (Phi) is 2.13. The first kappa shape index (κ1) is 9.02. The fourth-order valence-electron chi connectivity index (χ4n) is 1.55. The van der Waals surface area contributed by atoms with E-state index in [9.17, 15) is 0 Å². The van der Waals surface area contributed by atoms with Gasteiger partial charge in [-0.05, 0) is 13.0 Å². The molecule has 4 heteroatoms. The monoisotopic (exact) mass is 191 g/mol. The van der Waals surface area contributed by atoms with Gasteiger partial charge in [0, 0.05) is 24.4 Å². The highest BCUT2D eigenvalue weighted by atomic mass is 16.3. The van der Waals surface area contributed by atoms with Crippen LogP contribution in [-0.4, -0.2) is 9.78 Å². The van der Waals surface area contributed by atoms with Gasteiger partial charge in [-0.15, -0.1) is 0 Å². The molecule has 14 heavy (non-hydrogen) atoms. The largest absolute Gasteiger partial charge is 0.472 e. The third kappa shape index (κ3) is 1.44. The minimum Gasteiger partial charge on any atom is -0.472 e. The highest BCUT2D eigenvalue weighted by Crippen LogP contribution is 2.21. The van der Waals surface area contributed by atoms with Crippen molar-refractivity contribution in [2.45, 2.75) is 13.0 Å². The smallest absolute Gasteiger partial charge is 0.0953 e. The van der Waals surface area contributed by atoms with Gasteiger partial charge in [0.2, 0.25) is 0 Å². The molecule has 0 aliphatic carbocycles. The molecule has 0 aromatic carbocycles. The predicted octanol–water partition coefficient (Wildman–Crippen LogP) is 1.37. The first-order valence-electron chi connectivity index (χ1n) is 4.46. The fraction of sp³-hybridized carbons (Fsp3) is 0.300. The number of rotatable bonds is 2. The van der Waals surface area contributed by atoms with Crippen molar-refractivity contribution in [1.82, 2.24) is 9.78 Å². The molecule has 0 aliphatic rings. The number of nitrogens with two attached hydrogens (primary N) is 1. The molecule has 1 unspecified atom stereocenters. The number of hydrogen-bond acceptors (Lipinski definition) is 3. The summed E-state index contributed by atoms with van der Waals surface area (Å²) in [6, 6.07) is 1.72. The summed E-state index contributed by atoms with van der Waals surface area (Å²) in [7, 11) is 1.89. The summed E-state index contributed by atoms with van der Waals surface area (Å²) < 4.78 is 6.77. The van der Waals surface area contributed by atoms with Crippen LogP contribution >= 0.6 is 0 Å². The van der Waals surface area contributed by atoms with Crippen LogP contribution in [0.15, 0.2) is 29.2 Å². The molecule has 2 N–H and O–H groups in total. The molecule has 4 nitrogen and oxygen atoms in total. The number of furan rings is 1. The van der Waals surface area contributed by atoms with Crippen molar-refractivity contribution in [1.29, 1.82) is 0 Å². The van der Waals surface area contributed by atoms with E-state index in [2.05, 4.69) is 5.10 Å². The molecule has 0 fully saturated rings. The van der Waals surface area contributed by atoms with E-state index in [0.717, 1.165) is 16.8 Å².